The molecule has 0 spiro atoms. The van der Waals surface area contributed by atoms with Gasteiger partial charge in [-0.15, -0.1) is 0 Å². The molecule has 1 nitrogen and oxygen atoms in total. The monoisotopic (exact) mass is 287 g/mol. The molecule has 100 valence electrons. The third-order valence-corrected chi connectivity index (χ3v) is 4.77. The van der Waals surface area contributed by atoms with Gasteiger partial charge in [-0.25, -0.2) is 0 Å². The lowest BCUT2D eigenvalue weighted by Gasteiger charge is -2.19. The molecule has 2 aromatic rings. The number of hydrogen-bond donors (Lipinski definition) is 1. The summed E-state index contributed by atoms with van der Waals surface area (Å²) in [5.74, 6) is 0. The second-order valence-corrected chi connectivity index (χ2v) is 12.1. The average molecular weight is 288 g/mol. The Kier molecular flexibility index (Phi) is 4.06. The Bertz CT molecular complexity index is 614. The van der Waals surface area contributed by atoms with Crippen LogP contribution < -0.4 is 5.32 Å². The first-order valence-electron chi connectivity index (χ1n) is 6.65. The number of nitrogens with one attached hydrogen (secondary N) is 1. The van der Waals surface area contributed by atoms with Gasteiger partial charge >= 0.3 is 0 Å². The first kappa shape index (κ1) is 14.2. The molecular weight excluding hydrogens is 266 g/mol. The van der Waals surface area contributed by atoms with Crippen LogP contribution >= 0.6 is 12.2 Å². The van der Waals surface area contributed by atoms with E-state index in [1.807, 2.05) is 0 Å². The summed E-state index contributed by atoms with van der Waals surface area (Å²) in [6.07, 6.45) is 1.02. The number of hydrogen-bond acceptors (Lipinski definition) is 1. The summed E-state index contributed by atoms with van der Waals surface area (Å²) >= 11 is 5.57. The molecule has 2 rings (SSSR count). The van der Waals surface area contributed by atoms with Crippen molar-refractivity contribution in [2.75, 3.05) is 6.17 Å². The highest BCUT2D eigenvalue weighted by Gasteiger charge is 2.14. The molecule has 1 N–H and O–H groups in total. The van der Waals surface area contributed by atoms with Crippen LogP contribution in [0.25, 0.3) is 10.8 Å². The minimum Gasteiger partial charge on any atom is -0.379 e. The van der Waals surface area contributed by atoms with Gasteiger partial charge in [0.05, 0.1) is 8.07 Å². The molecule has 19 heavy (non-hydrogen) atoms. The lowest BCUT2D eigenvalue weighted by Crippen LogP contribution is -2.39. The Morgan fingerprint density at radius 2 is 1.68 bits per heavy atom. The Labute approximate surface area is 122 Å². The molecule has 0 saturated heterocycles. The fraction of sp³-hybridized carbons (Fsp3) is 0.312. The van der Waals surface area contributed by atoms with E-state index in [1.165, 1.54) is 16.3 Å². The van der Waals surface area contributed by atoms with Gasteiger partial charge in [-0.2, -0.15) is 0 Å². The molecule has 0 radical (unpaired) electrons. The summed E-state index contributed by atoms with van der Waals surface area (Å²) in [5.41, 5.74) is 2.45. The van der Waals surface area contributed by atoms with Crippen molar-refractivity contribution in [1.29, 1.82) is 0 Å². The number of thiocarbonyl (C=S) groups is 1. The number of aryl methyl sites for hydroxylation is 1. The van der Waals surface area contributed by atoms with E-state index >= 15 is 0 Å². The minimum atomic E-state index is -1.13. The van der Waals surface area contributed by atoms with Crippen LogP contribution in [0.1, 0.15) is 11.1 Å². The Hall–Kier alpha value is -1.19. The first-order chi connectivity index (χ1) is 8.88. The van der Waals surface area contributed by atoms with Crippen molar-refractivity contribution >= 4 is 36.1 Å². The standard InChI is InChI=1S/C16H21NSSi/c1-12-9-10-15(14-8-6-5-7-13(12)14)16(18)17-11-19(2,3)4/h5-10H,11H2,1-4H3,(H,17,18). The van der Waals surface area contributed by atoms with E-state index in [4.69, 9.17) is 12.2 Å². The predicted molar refractivity (Wildman–Crippen MR) is 91.7 cm³/mol. The molecule has 0 amide bonds. The highest BCUT2D eigenvalue weighted by molar-refractivity contribution is 7.80. The van der Waals surface area contributed by atoms with Gasteiger partial charge in [-0.3, -0.25) is 0 Å². The highest BCUT2D eigenvalue weighted by Crippen LogP contribution is 2.22. The van der Waals surface area contributed by atoms with Crippen molar-refractivity contribution in [3.63, 3.8) is 0 Å². The van der Waals surface area contributed by atoms with E-state index in [9.17, 15) is 0 Å². The van der Waals surface area contributed by atoms with Crippen LogP contribution in [0, 0.1) is 6.92 Å². The van der Waals surface area contributed by atoms with Crippen LogP contribution in [0.5, 0.6) is 0 Å². The molecule has 0 bridgehead atoms. The largest absolute Gasteiger partial charge is 0.379 e. The molecule has 0 unspecified atom stereocenters. The zero-order chi connectivity index (χ0) is 14.0. The van der Waals surface area contributed by atoms with E-state index in [0.29, 0.717) is 0 Å². The van der Waals surface area contributed by atoms with E-state index < -0.39 is 8.07 Å². The maximum atomic E-state index is 5.57. The van der Waals surface area contributed by atoms with Crippen molar-refractivity contribution in [2.45, 2.75) is 26.6 Å². The average Bonchev–Trinajstić information content (AvgIpc) is 2.36. The molecule has 0 fully saturated rings. The molecule has 2 aromatic carbocycles. The fourth-order valence-electron chi connectivity index (χ4n) is 2.09. The van der Waals surface area contributed by atoms with E-state index in [1.54, 1.807) is 0 Å². The molecule has 3 heteroatoms. The van der Waals surface area contributed by atoms with Crippen molar-refractivity contribution in [1.82, 2.24) is 5.32 Å². The van der Waals surface area contributed by atoms with Crippen molar-refractivity contribution in [3.05, 3.63) is 47.5 Å². The molecule has 0 aliphatic heterocycles. The van der Waals surface area contributed by atoms with Crippen LogP contribution in [0.3, 0.4) is 0 Å². The van der Waals surface area contributed by atoms with Crippen molar-refractivity contribution in [2.24, 2.45) is 0 Å². The quantitative estimate of drug-likeness (QED) is 0.667. The summed E-state index contributed by atoms with van der Waals surface area (Å²) in [6, 6.07) is 12.8. The lowest BCUT2D eigenvalue weighted by atomic mass is 10.0. The summed E-state index contributed by atoms with van der Waals surface area (Å²) in [5, 5.41) is 5.98. The zero-order valence-corrected chi connectivity index (χ0v) is 13.9. The maximum Gasteiger partial charge on any atom is 0.106 e. The first-order valence-corrected chi connectivity index (χ1v) is 10.8. The second kappa shape index (κ2) is 5.43. The van der Waals surface area contributed by atoms with Gasteiger partial charge in [0, 0.05) is 11.7 Å². The second-order valence-electron chi connectivity index (χ2n) is 6.22. The van der Waals surface area contributed by atoms with Gasteiger partial charge in [0.25, 0.3) is 0 Å². The smallest absolute Gasteiger partial charge is 0.106 e. The number of fused-ring (bicyclic) bond motifs is 1. The van der Waals surface area contributed by atoms with Crippen molar-refractivity contribution in [3.8, 4) is 0 Å². The van der Waals surface area contributed by atoms with Crippen molar-refractivity contribution < 1.29 is 0 Å². The summed E-state index contributed by atoms with van der Waals surface area (Å²) in [7, 11) is -1.13. The molecule has 0 aliphatic rings. The Morgan fingerprint density at radius 3 is 2.32 bits per heavy atom. The summed E-state index contributed by atoms with van der Waals surface area (Å²) < 4.78 is 0. The fourth-order valence-corrected chi connectivity index (χ4v) is 3.17. The predicted octanol–water partition coefficient (Wildman–Crippen LogP) is 4.29. The molecular formula is C16H21NSSi. The van der Waals surface area contributed by atoms with E-state index in [-0.39, 0.29) is 0 Å². The van der Waals surface area contributed by atoms with Gasteiger partial charge in [0.15, 0.2) is 0 Å². The molecule has 0 atom stereocenters. The zero-order valence-electron chi connectivity index (χ0n) is 12.1. The maximum absolute atomic E-state index is 5.57. The number of benzene rings is 2. The van der Waals surface area contributed by atoms with Crippen LogP contribution in [0.2, 0.25) is 19.6 Å². The van der Waals surface area contributed by atoms with Crippen LogP contribution in [0.4, 0.5) is 0 Å². The van der Waals surface area contributed by atoms with E-state index in [2.05, 4.69) is 68.3 Å². The third kappa shape index (κ3) is 3.42. The normalized spacial score (nSPS) is 11.6. The molecule has 0 heterocycles. The van der Waals surface area contributed by atoms with Crippen LogP contribution in [0.15, 0.2) is 36.4 Å². The summed E-state index contributed by atoms with van der Waals surface area (Å²) in [6.45, 7) is 9.17. The molecule has 0 aromatic heterocycles. The number of rotatable bonds is 3. The van der Waals surface area contributed by atoms with Gasteiger partial charge in [0.1, 0.15) is 4.99 Å². The highest BCUT2D eigenvalue weighted by atomic mass is 32.1. The lowest BCUT2D eigenvalue weighted by molar-refractivity contribution is 1.10. The van der Waals surface area contributed by atoms with Gasteiger partial charge in [-0.05, 0) is 23.3 Å². The van der Waals surface area contributed by atoms with E-state index in [0.717, 1.165) is 16.7 Å². The SMILES string of the molecule is Cc1ccc(C(=S)NC[Si](C)(C)C)c2ccccc12. The Balaban J connectivity index is 2.35. The van der Waals surface area contributed by atoms with Gasteiger partial charge < -0.3 is 5.32 Å². The van der Waals surface area contributed by atoms with Crippen LogP contribution in [-0.2, 0) is 0 Å². The Morgan fingerprint density at radius 1 is 1.05 bits per heavy atom. The third-order valence-electron chi connectivity index (χ3n) is 3.17. The van der Waals surface area contributed by atoms with Crippen LogP contribution in [-0.4, -0.2) is 19.2 Å². The van der Waals surface area contributed by atoms with Gasteiger partial charge in [0.2, 0.25) is 0 Å². The molecule has 0 aliphatic carbocycles. The minimum absolute atomic E-state index is 0.874. The van der Waals surface area contributed by atoms with Gasteiger partial charge in [-0.1, -0.05) is 68.3 Å². The molecule has 0 saturated carbocycles. The summed E-state index contributed by atoms with van der Waals surface area (Å²) in [4.78, 5) is 0.874. The topological polar surface area (TPSA) is 12.0 Å².